The Morgan fingerprint density at radius 2 is 2.00 bits per heavy atom. The molecule has 1 aliphatic rings. The van der Waals surface area contributed by atoms with E-state index in [0.717, 1.165) is 15.2 Å². The van der Waals surface area contributed by atoms with Crippen molar-refractivity contribution in [1.29, 1.82) is 0 Å². The van der Waals surface area contributed by atoms with Crippen molar-refractivity contribution >= 4 is 31.8 Å². The normalized spacial score (nSPS) is 23.9. The minimum Gasteiger partial charge on any atom is -0.373 e. The molecule has 0 aliphatic carbocycles. The Morgan fingerprint density at radius 1 is 1.32 bits per heavy atom. The highest BCUT2D eigenvalue weighted by Gasteiger charge is 2.30. The molecular weight excluding hydrogens is 322 g/mol. The molecule has 1 fully saturated rings. The highest BCUT2D eigenvalue weighted by Crippen LogP contribution is 2.21. The summed E-state index contributed by atoms with van der Waals surface area (Å²) in [6, 6.07) is 7.78. The first-order chi connectivity index (χ1) is 10.4. The molecule has 1 aliphatic heterocycles. The summed E-state index contributed by atoms with van der Waals surface area (Å²) in [5.74, 6) is 0. The van der Waals surface area contributed by atoms with E-state index in [9.17, 15) is 8.42 Å². The van der Waals surface area contributed by atoms with E-state index in [1.165, 1.54) is 15.6 Å². The van der Waals surface area contributed by atoms with Crippen LogP contribution in [0.15, 0.2) is 24.3 Å². The summed E-state index contributed by atoms with van der Waals surface area (Å²) in [7, 11) is -3.51. The molecule has 2 aromatic rings. The van der Waals surface area contributed by atoms with Crippen LogP contribution in [-0.4, -0.2) is 43.0 Å². The van der Waals surface area contributed by atoms with E-state index < -0.39 is 10.2 Å². The minimum atomic E-state index is -3.51. The van der Waals surface area contributed by atoms with E-state index in [1.807, 2.05) is 38.1 Å². The van der Waals surface area contributed by atoms with Gasteiger partial charge in [-0.1, -0.05) is 12.1 Å². The molecule has 0 amide bonds. The molecule has 0 saturated carbocycles. The number of para-hydroxylation sites is 1. The van der Waals surface area contributed by atoms with Gasteiger partial charge in [0.05, 0.1) is 29.0 Å². The third kappa shape index (κ3) is 3.47. The molecule has 1 saturated heterocycles. The summed E-state index contributed by atoms with van der Waals surface area (Å²) in [6.45, 7) is 4.72. The van der Waals surface area contributed by atoms with Crippen molar-refractivity contribution in [3.05, 3.63) is 29.3 Å². The average molecular weight is 341 g/mol. The van der Waals surface area contributed by atoms with Crippen LogP contribution in [-0.2, 0) is 21.5 Å². The van der Waals surface area contributed by atoms with Crippen LogP contribution in [0.2, 0.25) is 0 Å². The Bertz CT molecular complexity index is 717. The molecule has 2 atom stereocenters. The number of hydrogen-bond donors (Lipinski definition) is 1. The lowest BCUT2D eigenvalue weighted by Crippen LogP contribution is -2.51. The fraction of sp³-hybridized carbons (Fsp3) is 0.500. The number of nitrogens with one attached hydrogen (secondary N) is 1. The van der Waals surface area contributed by atoms with Gasteiger partial charge in [-0.2, -0.15) is 17.4 Å². The molecule has 8 heteroatoms. The lowest BCUT2D eigenvalue weighted by atomic mass is 10.3. The highest BCUT2D eigenvalue weighted by molar-refractivity contribution is 7.87. The van der Waals surface area contributed by atoms with E-state index in [-0.39, 0.29) is 18.8 Å². The zero-order valence-corrected chi connectivity index (χ0v) is 14.2. The predicted molar refractivity (Wildman–Crippen MR) is 87.0 cm³/mol. The number of morpholine rings is 1. The maximum absolute atomic E-state index is 12.4. The molecule has 6 nitrogen and oxygen atoms in total. The van der Waals surface area contributed by atoms with E-state index in [1.54, 1.807) is 0 Å². The van der Waals surface area contributed by atoms with Gasteiger partial charge in [0, 0.05) is 13.1 Å². The Morgan fingerprint density at radius 3 is 2.68 bits per heavy atom. The molecule has 0 spiro atoms. The number of aromatic nitrogens is 1. The fourth-order valence-electron chi connectivity index (χ4n) is 2.57. The Kier molecular flexibility index (Phi) is 4.47. The topological polar surface area (TPSA) is 71.5 Å². The summed E-state index contributed by atoms with van der Waals surface area (Å²) in [5.41, 5.74) is 0.898. The molecule has 0 radical (unpaired) electrons. The summed E-state index contributed by atoms with van der Waals surface area (Å²) in [6.07, 6.45) is -0.189. The zero-order valence-electron chi connectivity index (χ0n) is 12.5. The lowest BCUT2D eigenvalue weighted by molar-refractivity contribution is -0.0444. The fourth-order valence-corrected chi connectivity index (χ4v) is 4.88. The molecule has 22 heavy (non-hydrogen) atoms. The molecular formula is C14H19N3O3S2. The van der Waals surface area contributed by atoms with Gasteiger partial charge in [0.15, 0.2) is 0 Å². The largest absolute Gasteiger partial charge is 0.373 e. The standard InChI is InChI=1S/C14H19N3O3S2/c1-10-8-17(9-11(2)20-10)22(18,19)15-7-14-16-12-5-3-4-6-13(12)21-14/h3-6,10-11,15H,7-9H2,1-2H3/t10-,11-/m1/s1. The number of nitrogens with zero attached hydrogens (tertiary/aromatic N) is 2. The minimum absolute atomic E-state index is 0.0947. The number of hydrogen-bond acceptors (Lipinski definition) is 5. The van der Waals surface area contributed by atoms with Gasteiger partial charge in [-0.15, -0.1) is 11.3 Å². The molecule has 0 bridgehead atoms. The van der Waals surface area contributed by atoms with Crippen LogP contribution in [0.25, 0.3) is 10.2 Å². The molecule has 1 aromatic heterocycles. The van der Waals surface area contributed by atoms with Gasteiger partial charge in [0.25, 0.3) is 10.2 Å². The smallest absolute Gasteiger partial charge is 0.280 e. The second-order valence-corrected chi connectivity index (χ2v) is 8.35. The van der Waals surface area contributed by atoms with Crippen molar-refractivity contribution < 1.29 is 13.2 Å². The summed E-state index contributed by atoms with van der Waals surface area (Å²) < 4.78 is 35.5. The van der Waals surface area contributed by atoms with E-state index >= 15 is 0 Å². The monoisotopic (exact) mass is 341 g/mol. The molecule has 1 N–H and O–H groups in total. The SMILES string of the molecule is C[C@@H]1CN(S(=O)(=O)NCc2nc3ccccc3s2)C[C@@H](C)O1. The maximum Gasteiger partial charge on any atom is 0.280 e. The van der Waals surface area contributed by atoms with Crippen molar-refractivity contribution in [2.45, 2.75) is 32.6 Å². The van der Waals surface area contributed by atoms with Crippen molar-refractivity contribution in [3.8, 4) is 0 Å². The third-order valence-electron chi connectivity index (χ3n) is 3.47. The van der Waals surface area contributed by atoms with E-state index in [4.69, 9.17) is 4.74 Å². The first kappa shape index (κ1) is 15.8. The maximum atomic E-state index is 12.4. The lowest BCUT2D eigenvalue weighted by Gasteiger charge is -2.34. The van der Waals surface area contributed by atoms with Gasteiger partial charge >= 0.3 is 0 Å². The van der Waals surface area contributed by atoms with Crippen molar-refractivity contribution in [1.82, 2.24) is 14.0 Å². The quantitative estimate of drug-likeness (QED) is 0.919. The summed E-state index contributed by atoms with van der Waals surface area (Å²) in [5, 5.41) is 0.763. The van der Waals surface area contributed by atoms with Crippen molar-refractivity contribution in [2.75, 3.05) is 13.1 Å². The van der Waals surface area contributed by atoms with Crippen LogP contribution in [0.4, 0.5) is 0 Å². The number of thiazole rings is 1. The Labute approximate surface area is 134 Å². The van der Waals surface area contributed by atoms with Gasteiger partial charge in [-0.3, -0.25) is 0 Å². The molecule has 120 valence electrons. The van der Waals surface area contributed by atoms with Crippen LogP contribution in [0.5, 0.6) is 0 Å². The van der Waals surface area contributed by atoms with E-state index in [2.05, 4.69) is 9.71 Å². The van der Waals surface area contributed by atoms with Gasteiger partial charge in [0.2, 0.25) is 0 Å². The summed E-state index contributed by atoms with van der Waals surface area (Å²) in [4.78, 5) is 4.44. The number of ether oxygens (including phenoxy) is 1. The van der Waals surface area contributed by atoms with Crippen molar-refractivity contribution in [2.24, 2.45) is 0 Å². The second-order valence-electron chi connectivity index (χ2n) is 5.48. The van der Waals surface area contributed by atoms with Crippen LogP contribution in [0, 0.1) is 0 Å². The molecule has 2 heterocycles. The first-order valence-corrected chi connectivity index (χ1v) is 9.44. The predicted octanol–water partition coefficient (Wildman–Crippen LogP) is 1.74. The van der Waals surface area contributed by atoms with Crippen LogP contribution in [0.3, 0.4) is 0 Å². The van der Waals surface area contributed by atoms with E-state index in [0.29, 0.717) is 13.1 Å². The molecule has 1 aromatic carbocycles. The Balaban J connectivity index is 1.69. The molecule has 3 rings (SSSR count). The Hall–Kier alpha value is -1.06. The number of rotatable bonds is 4. The number of benzene rings is 1. The van der Waals surface area contributed by atoms with Gasteiger partial charge in [0.1, 0.15) is 5.01 Å². The van der Waals surface area contributed by atoms with Crippen LogP contribution in [0.1, 0.15) is 18.9 Å². The van der Waals surface area contributed by atoms with Crippen LogP contribution < -0.4 is 4.72 Å². The average Bonchev–Trinajstić information content (AvgIpc) is 2.87. The first-order valence-electron chi connectivity index (χ1n) is 7.19. The second kappa shape index (κ2) is 6.21. The summed E-state index contributed by atoms with van der Waals surface area (Å²) >= 11 is 1.50. The van der Waals surface area contributed by atoms with Gasteiger partial charge in [-0.25, -0.2) is 4.98 Å². The third-order valence-corrected chi connectivity index (χ3v) is 5.99. The van der Waals surface area contributed by atoms with Crippen molar-refractivity contribution in [3.63, 3.8) is 0 Å². The van der Waals surface area contributed by atoms with Gasteiger partial charge in [-0.05, 0) is 26.0 Å². The van der Waals surface area contributed by atoms with Crippen LogP contribution >= 0.6 is 11.3 Å². The molecule has 0 unspecified atom stereocenters. The zero-order chi connectivity index (χ0) is 15.7. The highest BCUT2D eigenvalue weighted by atomic mass is 32.2. The van der Waals surface area contributed by atoms with Gasteiger partial charge < -0.3 is 4.74 Å². The number of fused-ring (bicyclic) bond motifs is 1.